The minimum atomic E-state index is -0.328. The Morgan fingerprint density at radius 2 is 1.08 bits per heavy atom. The Kier molecular flexibility index (Phi) is 4.17. The van der Waals surface area contributed by atoms with E-state index in [9.17, 15) is 15.3 Å². The van der Waals surface area contributed by atoms with Gasteiger partial charge in [0.25, 0.3) is 0 Å². The zero-order valence-corrected chi connectivity index (χ0v) is 13.7. The Balaban J connectivity index is 2.26. The minimum absolute atomic E-state index is 0.180. The van der Waals surface area contributed by atoms with Crippen LogP contribution in [-0.2, 0) is 0 Å². The fraction of sp³-hybridized carbons (Fsp3) is 0.143. The maximum Gasteiger partial charge on any atom is 0.119 e. The highest BCUT2D eigenvalue weighted by atomic mass is 16.3. The molecule has 0 aliphatic rings. The molecule has 3 aromatic carbocycles. The van der Waals surface area contributed by atoms with E-state index in [1.165, 1.54) is 0 Å². The fourth-order valence-corrected chi connectivity index (χ4v) is 3.00. The first-order valence-corrected chi connectivity index (χ1v) is 7.83. The van der Waals surface area contributed by atoms with Gasteiger partial charge in [-0.05, 0) is 43.7 Å². The van der Waals surface area contributed by atoms with Gasteiger partial charge < -0.3 is 15.3 Å². The summed E-state index contributed by atoms with van der Waals surface area (Å²) in [6, 6.07) is 17.7. The van der Waals surface area contributed by atoms with Crippen LogP contribution in [0.2, 0.25) is 0 Å². The van der Waals surface area contributed by atoms with E-state index in [1.807, 2.05) is 50.2 Å². The number of phenols is 3. The molecule has 0 saturated carbocycles. The second kappa shape index (κ2) is 6.28. The predicted molar refractivity (Wildman–Crippen MR) is 94.7 cm³/mol. The van der Waals surface area contributed by atoms with Crippen molar-refractivity contribution in [2.45, 2.75) is 19.8 Å². The largest absolute Gasteiger partial charge is 0.508 e. The van der Waals surface area contributed by atoms with E-state index in [1.54, 1.807) is 24.3 Å². The van der Waals surface area contributed by atoms with Crippen LogP contribution in [0, 0.1) is 13.8 Å². The lowest BCUT2D eigenvalue weighted by Gasteiger charge is -2.22. The summed E-state index contributed by atoms with van der Waals surface area (Å²) < 4.78 is 0. The van der Waals surface area contributed by atoms with Gasteiger partial charge >= 0.3 is 0 Å². The molecule has 0 amide bonds. The normalized spacial score (nSPS) is 11.0. The molecular weight excluding hydrogens is 300 g/mol. The van der Waals surface area contributed by atoms with Crippen molar-refractivity contribution in [3.8, 4) is 17.2 Å². The second-order valence-corrected chi connectivity index (χ2v) is 6.15. The molecule has 3 rings (SSSR count). The van der Waals surface area contributed by atoms with Gasteiger partial charge in [-0.15, -0.1) is 0 Å². The third kappa shape index (κ3) is 3.06. The molecule has 0 saturated heterocycles. The van der Waals surface area contributed by atoms with Crippen molar-refractivity contribution in [3.05, 3.63) is 88.5 Å². The van der Waals surface area contributed by atoms with Crippen molar-refractivity contribution >= 4 is 0 Å². The maximum absolute atomic E-state index is 10.4. The zero-order chi connectivity index (χ0) is 17.3. The van der Waals surface area contributed by atoms with Crippen LogP contribution in [0.1, 0.15) is 33.7 Å². The molecule has 3 aromatic rings. The summed E-state index contributed by atoms with van der Waals surface area (Å²) in [5, 5.41) is 30.4. The second-order valence-electron chi connectivity index (χ2n) is 6.15. The summed E-state index contributed by atoms with van der Waals surface area (Å²) in [5.41, 5.74) is 4.38. The average molecular weight is 320 g/mol. The van der Waals surface area contributed by atoms with Crippen LogP contribution in [-0.4, -0.2) is 15.3 Å². The van der Waals surface area contributed by atoms with Crippen molar-refractivity contribution in [1.29, 1.82) is 0 Å². The molecule has 0 aromatic heterocycles. The lowest BCUT2D eigenvalue weighted by Crippen LogP contribution is -2.05. The summed E-state index contributed by atoms with van der Waals surface area (Å²) in [6.07, 6.45) is 0. The first kappa shape index (κ1) is 15.9. The summed E-state index contributed by atoms with van der Waals surface area (Å²) >= 11 is 0. The van der Waals surface area contributed by atoms with Crippen molar-refractivity contribution in [3.63, 3.8) is 0 Å². The maximum atomic E-state index is 10.4. The molecule has 0 radical (unpaired) electrons. The van der Waals surface area contributed by atoms with Gasteiger partial charge in [0.05, 0.1) is 0 Å². The number of hydrogen-bond donors (Lipinski definition) is 3. The minimum Gasteiger partial charge on any atom is -0.508 e. The van der Waals surface area contributed by atoms with E-state index >= 15 is 0 Å². The topological polar surface area (TPSA) is 60.7 Å². The van der Waals surface area contributed by atoms with Crippen LogP contribution in [0.5, 0.6) is 17.2 Å². The Bertz CT molecular complexity index is 815. The SMILES string of the molecule is Cc1ccc(O)c(C(c2ccc(O)cc2)c2cc(C)ccc2O)c1. The summed E-state index contributed by atoms with van der Waals surface area (Å²) in [6.45, 7) is 3.93. The van der Waals surface area contributed by atoms with Crippen molar-refractivity contribution in [2.24, 2.45) is 0 Å². The van der Waals surface area contributed by atoms with Gasteiger partial charge in [0, 0.05) is 17.0 Å². The highest BCUT2D eigenvalue weighted by Crippen LogP contribution is 2.41. The first-order chi connectivity index (χ1) is 11.5. The van der Waals surface area contributed by atoms with Crippen LogP contribution in [0.25, 0.3) is 0 Å². The molecule has 122 valence electrons. The van der Waals surface area contributed by atoms with Crippen LogP contribution in [0.15, 0.2) is 60.7 Å². The lowest BCUT2D eigenvalue weighted by atomic mass is 9.83. The Labute approximate surface area is 141 Å². The van der Waals surface area contributed by atoms with Gasteiger partial charge in [0.15, 0.2) is 0 Å². The summed E-state index contributed by atoms with van der Waals surface area (Å²) in [5.74, 6) is 0.212. The standard InChI is InChI=1S/C21H20O3/c1-13-3-9-19(23)17(11-13)21(15-5-7-16(22)8-6-15)18-12-14(2)4-10-20(18)24/h3-12,21-24H,1-2H3. The molecule has 3 nitrogen and oxygen atoms in total. The van der Waals surface area contributed by atoms with Crippen LogP contribution in [0.4, 0.5) is 0 Å². The molecule has 0 bridgehead atoms. The van der Waals surface area contributed by atoms with Gasteiger partial charge in [-0.1, -0.05) is 47.5 Å². The number of benzene rings is 3. The molecule has 0 aliphatic heterocycles. The zero-order valence-electron chi connectivity index (χ0n) is 13.7. The molecule has 3 heteroatoms. The third-order valence-corrected chi connectivity index (χ3v) is 4.21. The Morgan fingerprint density at radius 3 is 1.54 bits per heavy atom. The van der Waals surface area contributed by atoms with E-state index in [0.29, 0.717) is 0 Å². The summed E-state index contributed by atoms with van der Waals surface area (Å²) in [7, 11) is 0. The first-order valence-electron chi connectivity index (χ1n) is 7.83. The van der Waals surface area contributed by atoms with Crippen LogP contribution in [0.3, 0.4) is 0 Å². The van der Waals surface area contributed by atoms with Crippen molar-refractivity contribution in [1.82, 2.24) is 0 Å². The smallest absolute Gasteiger partial charge is 0.119 e. The lowest BCUT2D eigenvalue weighted by molar-refractivity contribution is 0.458. The molecule has 0 unspecified atom stereocenters. The molecule has 3 N–H and O–H groups in total. The monoisotopic (exact) mass is 320 g/mol. The van der Waals surface area contributed by atoms with Crippen molar-refractivity contribution < 1.29 is 15.3 Å². The number of phenolic OH excluding ortho intramolecular Hbond substituents is 3. The number of hydrogen-bond acceptors (Lipinski definition) is 3. The molecule has 0 atom stereocenters. The Morgan fingerprint density at radius 1 is 0.625 bits per heavy atom. The number of rotatable bonds is 3. The third-order valence-electron chi connectivity index (χ3n) is 4.21. The number of aromatic hydroxyl groups is 3. The van der Waals surface area contributed by atoms with Crippen LogP contribution >= 0.6 is 0 Å². The van der Waals surface area contributed by atoms with Crippen molar-refractivity contribution in [2.75, 3.05) is 0 Å². The van der Waals surface area contributed by atoms with Gasteiger partial charge in [-0.3, -0.25) is 0 Å². The molecular formula is C21H20O3. The van der Waals surface area contributed by atoms with E-state index in [-0.39, 0.29) is 23.2 Å². The van der Waals surface area contributed by atoms with Gasteiger partial charge in [-0.25, -0.2) is 0 Å². The molecule has 24 heavy (non-hydrogen) atoms. The Hall–Kier alpha value is -2.94. The average Bonchev–Trinajstić information content (AvgIpc) is 2.56. The number of aryl methyl sites for hydroxylation is 2. The van der Waals surface area contributed by atoms with E-state index in [0.717, 1.165) is 27.8 Å². The molecule has 0 aliphatic carbocycles. The van der Waals surface area contributed by atoms with E-state index in [2.05, 4.69) is 0 Å². The highest BCUT2D eigenvalue weighted by Gasteiger charge is 2.23. The fourth-order valence-electron chi connectivity index (χ4n) is 3.00. The van der Waals surface area contributed by atoms with Crippen LogP contribution < -0.4 is 0 Å². The van der Waals surface area contributed by atoms with Gasteiger partial charge in [0.1, 0.15) is 17.2 Å². The van der Waals surface area contributed by atoms with E-state index in [4.69, 9.17) is 0 Å². The molecule has 0 spiro atoms. The van der Waals surface area contributed by atoms with Gasteiger partial charge in [-0.2, -0.15) is 0 Å². The van der Waals surface area contributed by atoms with E-state index < -0.39 is 0 Å². The molecule has 0 fully saturated rings. The predicted octanol–water partition coefficient (Wildman–Crippen LogP) is 4.60. The molecule has 0 heterocycles. The summed E-state index contributed by atoms with van der Waals surface area (Å²) in [4.78, 5) is 0. The van der Waals surface area contributed by atoms with Gasteiger partial charge in [0.2, 0.25) is 0 Å². The highest BCUT2D eigenvalue weighted by molar-refractivity contribution is 5.54. The quantitative estimate of drug-likeness (QED) is 0.618.